The molecular weight excluding hydrogens is 226 g/mol. The second-order valence-electron chi connectivity index (χ2n) is 5.91. The van der Waals surface area contributed by atoms with Crippen LogP contribution in [0.4, 0.5) is 0 Å². The SMILES string of the molecule is CCCN(CCC)CC1(CC(=O)O)CCCCC1. The van der Waals surface area contributed by atoms with Gasteiger partial charge in [0, 0.05) is 6.54 Å². The number of rotatable bonds is 8. The van der Waals surface area contributed by atoms with Crippen LogP contribution in [0, 0.1) is 5.41 Å². The zero-order chi connectivity index (χ0) is 13.4. The van der Waals surface area contributed by atoms with Crippen molar-refractivity contribution in [2.75, 3.05) is 19.6 Å². The maximum absolute atomic E-state index is 11.2. The molecule has 0 amide bonds. The van der Waals surface area contributed by atoms with Crippen LogP contribution < -0.4 is 0 Å². The maximum atomic E-state index is 11.2. The van der Waals surface area contributed by atoms with Crippen LogP contribution >= 0.6 is 0 Å². The van der Waals surface area contributed by atoms with E-state index in [0.29, 0.717) is 6.42 Å². The van der Waals surface area contributed by atoms with Crippen molar-refractivity contribution < 1.29 is 9.90 Å². The van der Waals surface area contributed by atoms with Crippen LogP contribution in [0.1, 0.15) is 65.2 Å². The zero-order valence-electron chi connectivity index (χ0n) is 12.1. The van der Waals surface area contributed by atoms with Crippen molar-refractivity contribution in [3.8, 4) is 0 Å². The van der Waals surface area contributed by atoms with Crippen molar-refractivity contribution in [2.45, 2.75) is 65.2 Å². The number of aliphatic carboxylic acids is 1. The molecule has 1 rings (SSSR count). The highest BCUT2D eigenvalue weighted by atomic mass is 16.4. The maximum Gasteiger partial charge on any atom is 0.303 e. The molecule has 1 saturated carbocycles. The van der Waals surface area contributed by atoms with Crippen LogP contribution in [0.25, 0.3) is 0 Å². The summed E-state index contributed by atoms with van der Waals surface area (Å²) < 4.78 is 0. The van der Waals surface area contributed by atoms with Gasteiger partial charge in [-0.3, -0.25) is 4.79 Å². The smallest absolute Gasteiger partial charge is 0.303 e. The van der Waals surface area contributed by atoms with E-state index in [1.807, 2.05) is 0 Å². The van der Waals surface area contributed by atoms with Crippen molar-refractivity contribution >= 4 is 5.97 Å². The lowest BCUT2D eigenvalue weighted by atomic mass is 9.71. The molecule has 1 aliphatic carbocycles. The van der Waals surface area contributed by atoms with E-state index in [0.717, 1.165) is 45.3 Å². The van der Waals surface area contributed by atoms with Crippen molar-refractivity contribution in [2.24, 2.45) is 5.41 Å². The molecule has 18 heavy (non-hydrogen) atoms. The monoisotopic (exact) mass is 255 g/mol. The number of hydrogen-bond acceptors (Lipinski definition) is 2. The molecule has 0 aromatic carbocycles. The number of hydrogen-bond donors (Lipinski definition) is 1. The molecule has 1 N–H and O–H groups in total. The number of carboxylic acids is 1. The molecule has 0 heterocycles. The van der Waals surface area contributed by atoms with E-state index < -0.39 is 5.97 Å². The molecule has 0 atom stereocenters. The van der Waals surface area contributed by atoms with E-state index in [4.69, 9.17) is 0 Å². The Labute approximate surface area is 112 Å². The summed E-state index contributed by atoms with van der Waals surface area (Å²) in [6.07, 6.45) is 8.57. The van der Waals surface area contributed by atoms with Gasteiger partial charge in [-0.05, 0) is 44.2 Å². The Morgan fingerprint density at radius 1 is 1.11 bits per heavy atom. The second kappa shape index (κ2) is 7.78. The van der Waals surface area contributed by atoms with Crippen LogP contribution in [0.2, 0.25) is 0 Å². The van der Waals surface area contributed by atoms with Gasteiger partial charge in [0.2, 0.25) is 0 Å². The van der Waals surface area contributed by atoms with Gasteiger partial charge in [0.15, 0.2) is 0 Å². The average molecular weight is 255 g/mol. The summed E-state index contributed by atoms with van der Waals surface area (Å²) in [7, 11) is 0. The fraction of sp³-hybridized carbons (Fsp3) is 0.933. The molecule has 0 unspecified atom stereocenters. The van der Waals surface area contributed by atoms with Crippen LogP contribution in [0.3, 0.4) is 0 Å². The minimum atomic E-state index is -0.621. The Morgan fingerprint density at radius 3 is 2.11 bits per heavy atom. The third-order valence-corrected chi connectivity index (χ3v) is 4.08. The lowest BCUT2D eigenvalue weighted by molar-refractivity contribution is -0.140. The average Bonchev–Trinajstić information content (AvgIpc) is 2.29. The van der Waals surface area contributed by atoms with E-state index in [1.54, 1.807) is 0 Å². The van der Waals surface area contributed by atoms with E-state index in [-0.39, 0.29) is 5.41 Å². The fourth-order valence-corrected chi connectivity index (χ4v) is 3.39. The molecule has 0 radical (unpaired) electrons. The van der Waals surface area contributed by atoms with Crippen LogP contribution in [0.15, 0.2) is 0 Å². The molecule has 0 aliphatic heterocycles. The Balaban J connectivity index is 2.65. The summed E-state index contributed by atoms with van der Waals surface area (Å²) in [5.74, 6) is -0.621. The van der Waals surface area contributed by atoms with Crippen LogP contribution in [0.5, 0.6) is 0 Å². The molecule has 106 valence electrons. The summed E-state index contributed by atoms with van der Waals surface area (Å²) >= 11 is 0. The fourth-order valence-electron chi connectivity index (χ4n) is 3.39. The summed E-state index contributed by atoms with van der Waals surface area (Å²) in [5, 5.41) is 9.19. The Kier molecular flexibility index (Phi) is 6.69. The minimum Gasteiger partial charge on any atom is -0.481 e. The normalized spacial score (nSPS) is 19.1. The Bertz CT molecular complexity index is 241. The summed E-state index contributed by atoms with van der Waals surface area (Å²) in [6, 6.07) is 0. The van der Waals surface area contributed by atoms with E-state index in [9.17, 15) is 9.90 Å². The Hall–Kier alpha value is -0.570. The highest BCUT2D eigenvalue weighted by molar-refractivity contribution is 5.67. The zero-order valence-corrected chi connectivity index (χ0v) is 12.1. The number of nitrogens with zero attached hydrogens (tertiary/aromatic N) is 1. The molecule has 0 bridgehead atoms. The topological polar surface area (TPSA) is 40.5 Å². The van der Waals surface area contributed by atoms with Crippen LogP contribution in [-0.2, 0) is 4.79 Å². The quantitative estimate of drug-likeness (QED) is 0.721. The van der Waals surface area contributed by atoms with Crippen molar-refractivity contribution in [3.05, 3.63) is 0 Å². The predicted octanol–water partition coefficient (Wildman–Crippen LogP) is 3.53. The van der Waals surface area contributed by atoms with Crippen LogP contribution in [-0.4, -0.2) is 35.6 Å². The summed E-state index contributed by atoms with van der Waals surface area (Å²) in [5.41, 5.74) is 0.0500. The molecule has 0 spiro atoms. The van der Waals surface area contributed by atoms with E-state index >= 15 is 0 Å². The van der Waals surface area contributed by atoms with Crippen molar-refractivity contribution in [3.63, 3.8) is 0 Å². The first kappa shape index (κ1) is 15.5. The predicted molar refractivity (Wildman–Crippen MR) is 74.8 cm³/mol. The standard InChI is InChI=1S/C15H29NO2/c1-3-10-16(11-4-2)13-15(12-14(17)18)8-6-5-7-9-15/h3-13H2,1-2H3,(H,17,18). The van der Waals surface area contributed by atoms with Gasteiger partial charge in [-0.15, -0.1) is 0 Å². The lowest BCUT2D eigenvalue weighted by Gasteiger charge is -2.40. The lowest BCUT2D eigenvalue weighted by Crippen LogP contribution is -2.41. The third-order valence-electron chi connectivity index (χ3n) is 4.08. The van der Waals surface area contributed by atoms with Gasteiger partial charge in [0.1, 0.15) is 0 Å². The molecule has 0 aromatic heterocycles. The van der Waals surface area contributed by atoms with Crippen molar-refractivity contribution in [1.82, 2.24) is 4.90 Å². The van der Waals surface area contributed by atoms with Gasteiger partial charge in [0.05, 0.1) is 6.42 Å². The summed E-state index contributed by atoms with van der Waals surface area (Å²) in [6.45, 7) is 7.60. The first-order valence-corrected chi connectivity index (χ1v) is 7.56. The molecule has 0 saturated heterocycles. The van der Waals surface area contributed by atoms with Gasteiger partial charge < -0.3 is 10.0 Å². The van der Waals surface area contributed by atoms with Gasteiger partial charge in [0.25, 0.3) is 0 Å². The third kappa shape index (κ3) is 4.97. The number of carbonyl (C=O) groups is 1. The van der Waals surface area contributed by atoms with Gasteiger partial charge in [-0.1, -0.05) is 33.1 Å². The van der Waals surface area contributed by atoms with Gasteiger partial charge in [-0.2, -0.15) is 0 Å². The Morgan fingerprint density at radius 2 is 1.67 bits per heavy atom. The second-order valence-corrected chi connectivity index (χ2v) is 5.91. The van der Waals surface area contributed by atoms with Gasteiger partial charge >= 0.3 is 5.97 Å². The summed E-state index contributed by atoms with van der Waals surface area (Å²) in [4.78, 5) is 13.6. The minimum absolute atomic E-state index is 0.0500. The highest BCUT2D eigenvalue weighted by Crippen LogP contribution is 2.40. The molecule has 1 aliphatic rings. The van der Waals surface area contributed by atoms with E-state index in [1.165, 1.54) is 19.3 Å². The molecule has 3 nitrogen and oxygen atoms in total. The molecule has 0 aromatic rings. The van der Waals surface area contributed by atoms with Crippen molar-refractivity contribution in [1.29, 1.82) is 0 Å². The first-order chi connectivity index (χ1) is 8.62. The molecule has 1 fully saturated rings. The highest BCUT2D eigenvalue weighted by Gasteiger charge is 2.35. The van der Waals surface area contributed by atoms with E-state index in [2.05, 4.69) is 18.7 Å². The largest absolute Gasteiger partial charge is 0.481 e. The molecular formula is C15H29NO2. The van der Waals surface area contributed by atoms with Gasteiger partial charge in [-0.25, -0.2) is 0 Å². The first-order valence-electron chi connectivity index (χ1n) is 7.56. The molecule has 3 heteroatoms. The number of carboxylic acid groups (broad SMARTS) is 1.